The van der Waals surface area contributed by atoms with Crippen LogP contribution in [0.4, 0.5) is 0 Å². The van der Waals surface area contributed by atoms with Crippen molar-refractivity contribution in [1.29, 1.82) is 5.26 Å². The van der Waals surface area contributed by atoms with E-state index in [1.54, 1.807) is 18.2 Å². The summed E-state index contributed by atoms with van der Waals surface area (Å²) in [5.74, 6) is 0.716. The molecule has 29 heavy (non-hydrogen) atoms. The van der Waals surface area contributed by atoms with E-state index in [0.717, 1.165) is 12.8 Å². The molecule has 6 nitrogen and oxygen atoms in total. The summed E-state index contributed by atoms with van der Waals surface area (Å²) in [7, 11) is 0. The van der Waals surface area contributed by atoms with Gasteiger partial charge in [0.25, 0.3) is 5.91 Å². The zero-order chi connectivity index (χ0) is 20.5. The fourth-order valence-corrected chi connectivity index (χ4v) is 3.55. The van der Waals surface area contributed by atoms with E-state index in [0.29, 0.717) is 43.4 Å². The van der Waals surface area contributed by atoms with Crippen molar-refractivity contribution in [2.75, 3.05) is 33.0 Å². The molecule has 1 fully saturated rings. The predicted molar refractivity (Wildman–Crippen MR) is 109 cm³/mol. The topological polar surface area (TPSA) is 80.6 Å². The van der Waals surface area contributed by atoms with Crippen molar-refractivity contribution in [1.82, 2.24) is 5.32 Å². The first-order valence-corrected chi connectivity index (χ1v) is 9.86. The van der Waals surface area contributed by atoms with Gasteiger partial charge in [0.15, 0.2) is 18.1 Å². The Kier molecular flexibility index (Phi) is 7.09. The van der Waals surface area contributed by atoms with Gasteiger partial charge in [0.05, 0.1) is 18.2 Å². The lowest BCUT2D eigenvalue weighted by molar-refractivity contribution is -0.123. The number of nitriles is 1. The molecule has 6 heteroatoms. The fourth-order valence-electron chi connectivity index (χ4n) is 3.55. The Bertz CT molecular complexity index is 855. The Morgan fingerprint density at radius 1 is 1.14 bits per heavy atom. The van der Waals surface area contributed by atoms with Crippen LogP contribution in [0.1, 0.15) is 30.9 Å². The third kappa shape index (κ3) is 5.27. The summed E-state index contributed by atoms with van der Waals surface area (Å²) in [6, 6.07) is 17.2. The van der Waals surface area contributed by atoms with Crippen LogP contribution >= 0.6 is 0 Å². The molecule has 0 aromatic heterocycles. The molecule has 0 saturated carbocycles. The summed E-state index contributed by atoms with van der Waals surface area (Å²) in [5.41, 5.74) is 1.57. The average molecular weight is 394 g/mol. The highest BCUT2D eigenvalue weighted by Crippen LogP contribution is 2.34. The number of hydrogen-bond acceptors (Lipinski definition) is 5. The average Bonchev–Trinajstić information content (AvgIpc) is 2.78. The second-order valence-corrected chi connectivity index (χ2v) is 7.03. The number of rotatable bonds is 8. The van der Waals surface area contributed by atoms with Gasteiger partial charge in [-0.1, -0.05) is 30.3 Å². The summed E-state index contributed by atoms with van der Waals surface area (Å²) in [6.45, 7) is 4.08. The zero-order valence-corrected chi connectivity index (χ0v) is 16.6. The van der Waals surface area contributed by atoms with Gasteiger partial charge in [0, 0.05) is 31.2 Å². The molecule has 2 aromatic carbocycles. The molecule has 0 aliphatic carbocycles. The van der Waals surface area contributed by atoms with E-state index in [-0.39, 0.29) is 17.9 Å². The maximum absolute atomic E-state index is 12.5. The van der Waals surface area contributed by atoms with Crippen molar-refractivity contribution < 1.29 is 19.0 Å². The van der Waals surface area contributed by atoms with Gasteiger partial charge >= 0.3 is 0 Å². The van der Waals surface area contributed by atoms with E-state index in [4.69, 9.17) is 19.5 Å². The van der Waals surface area contributed by atoms with Crippen molar-refractivity contribution in [3.8, 4) is 17.6 Å². The molecule has 1 saturated heterocycles. The lowest BCUT2D eigenvalue weighted by Crippen LogP contribution is -2.45. The minimum absolute atomic E-state index is 0.118. The van der Waals surface area contributed by atoms with Gasteiger partial charge in [-0.25, -0.2) is 0 Å². The first-order valence-electron chi connectivity index (χ1n) is 9.86. The maximum atomic E-state index is 12.5. The third-order valence-electron chi connectivity index (χ3n) is 5.19. The molecule has 3 rings (SSSR count). The Hall–Kier alpha value is -3.04. The summed E-state index contributed by atoms with van der Waals surface area (Å²) in [4.78, 5) is 12.5. The Morgan fingerprint density at radius 3 is 2.59 bits per heavy atom. The van der Waals surface area contributed by atoms with Gasteiger partial charge in [0.2, 0.25) is 0 Å². The number of carbonyl (C=O) groups excluding carboxylic acids is 1. The molecule has 1 heterocycles. The lowest BCUT2D eigenvalue weighted by atomic mass is 9.74. The van der Waals surface area contributed by atoms with E-state index in [9.17, 15) is 4.79 Å². The van der Waals surface area contributed by atoms with Crippen molar-refractivity contribution in [3.05, 3.63) is 59.7 Å². The number of amides is 1. The Labute approximate surface area is 171 Å². The van der Waals surface area contributed by atoms with Crippen molar-refractivity contribution in [2.24, 2.45) is 0 Å². The quantitative estimate of drug-likeness (QED) is 0.744. The molecule has 1 aliphatic heterocycles. The van der Waals surface area contributed by atoms with E-state index in [2.05, 4.69) is 23.5 Å². The number of ether oxygens (including phenoxy) is 3. The highest BCUT2D eigenvalue weighted by atomic mass is 16.5. The zero-order valence-electron chi connectivity index (χ0n) is 16.6. The first-order chi connectivity index (χ1) is 14.2. The van der Waals surface area contributed by atoms with Crippen LogP contribution in [0, 0.1) is 11.3 Å². The van der Waals surface area contributed by atoms with Crippen LogP contribution in [-0.4, -0.2) is 38.9 Å². The van der Waals surface area contributed by atoms with Gasteiger partial charge < -0.3 is 19.5 Å². The van der Waals surface area contributed by atoms with E-state index >= 15 is 0 Å². The standard InChI is InChI=1S/C23H26N2O4/c1-2-28-21-14-18(15-24)8-9-20(21)29-16-22(26)25-17-23(10-12-27-13-11-23)19-6-4-3-5-7-19/h3-9,14H,2,10-13,16-17H2,1H3,(H,25,26). The first kappa shape index (κ1) is 20.7. The monoisotopic (exact) mass is 394 g/mol. The van der Waals surface area contributed by atoms with Crippen LogP contribution in [0.2, 0.25) is 0 Å². The van der Waals surface area contributed by atoms with Crippen LogP contribution in [0.15, 0.2) is 48.5 Å². The molecule has 0 bridgehead atoms. The number of nitrogens with one attached hydrogen (secondary N) is 1. The second kappa shape index (κ2) is 9.94. The normalized spacial score (nSPS) is 15.2. The van der Waals surface area contributed by atoms with Crippen LogP contribution < -0.4 is 14.8 Å². The SMILES string of the molecule is CCOc1cc(C#N)ccc1OCC(=O)NCC1(c2ccccc2)CCOCC1. The number of hydrogen-bond donors (Lipinski definition) is 1. The van der Waals surface area contributed by atoms with Gasteiger partial charge in [-0.05, 0) is 37.5 Å². The largest absolute Gasteiger partial charge is 0.490 e. The van der Waals surface area contributed by atoms with E-state index < -0.39 is 0 Å². The second-order valence-electron chi connectivity index (χ2n) is 7.03. The number of carbonyl (C=O) groups is 1. The van der Waals surface area contributed by atoms with Gasteiger partial charge in [-0.15, -0.1) is 0 Å². The summed E-state index contributed by atoms with van der Waals surface area (Å²) >= 11 is 0. The molecular weight excluding hydrogens is 368 g/mol. The summed E-state index contributed by atoms with van der Waals surface area (Å²) in [5, 5.41) is 12.1. The summed E-state index contributed by atoms with van der Waals surface area (Å²) in [6.07, 6.45) is 1.73. The minimum atomic E-state index is -0.196. The number of nitrogens with zero attached hydrogens (tertiary/aromatic N) is 1. The fraction of sp³-hybridized carbons (Fsp3) is 0.391. The Morgan fingerprint density at radius 2 is 1.90 bits per heavy atom. The van der Waals surface area contributed by atoms with Crippen molar-refractivity contribution in [2.45, 2.75) is 25.2 Å². The third-order valence-corrected chi connectivity index (χ3v) is 5.19. The van der Waals surface area contributed by atoms with Crippen molar-refractivity contribution >= 4 is 5.91 Å². The lowest BCUT2D eigenvalue weighted by Gasteiger charge is -2.38. The van der Waals surface area contributed by atoms with Crippen molar-refractivity contribution in [3.63, 3.8) is 0 Å². The van der Waals surface area contributed by atoms with E-state index in [1.165, 1.54) is 5.56 Å². The predicted octanol–water partition coefficient (Wildman–Crippen LogP) is 3.20. The minimum Gasteiger partial charge on any atom is -0.490 e. The number of benzene rings is 2. The highest BCUT2D eigenvalue weighted by Gasteiger charge is 2.34. The molecule has 1 aliphatic rings. The highest BCUT2D eigenvalue weighted by molar-refractivity contribution is 5.77. The molecule has 152 valence electrons. The van der Waals surface area contributed by atoms with Gasteiger partial charge in [-0.2, -0.15) is 5.26 Å². The maximum Gasteiger partial charge on any atom is 0.257 e. The Balaban J connectivity index is 1.61. The van der Waals surface area contributed by atoms with Crippen LogP contribution in [-0.2, 0) is 14.9 Å². The van der Waals surface area contributed by atoms with E-state index in [1.807, 2.05) is 25.1 Å². The van der Waals surface area contributed by atoms with Crippen LogP contribution in [0.5, 0.6) is 11.5 Å². The molecule has 0 unspecified atom stereocenters. The molecule has 0 spiro atoms. The van der Waals surface area contributed by atoms with Crippen LogP contribution in [0.25, 0.3) is 0 Å². The van der Waals surface area contributed by atoms with Crippen LogP contribution in [0.3, 0.4) is 0 Å². The smallest absolute Gasteiger partial charge is 0.257 e. The molecule has 0 radical (unpaired) electrons. The molecule has 1 N–H and O–H groups in total. The molecule has 0 atom stereocenters. The molecule has 1 amide bonds. The van der Waals surface area contributed by atoms with Gasteiger partial charge in [-0.3, -0.25) is 4.79 Å². The molecule has 2 aromatic rings. The summed E-state index contributed by atoms with van der Waals surface area (Å²) < 4.78 is 16.7. The van der Waals surface area contributed by atoms with Gasteiger partial charge in [0.1, 0.15) is 0 Å². The molecular formula is C23H26N2O4.